The predicted octanol–water partition coefficient (Wildman–Crippen LogP) is 2.50. The molecule has 0 bridgehead atoms. The molecule has 0 unspecified atom stereocenters. The predicted molar refractivity (Wildman–Crippen MR) is 66.7 cm³/mol. The zero-order valence-corrected chi connectivity index (χ0v) is 11.1. The number of esters is 1. The summed E-state index contributed by atoms with van der Waals surface area (Å²) in [5.74, 6) is 0.408. The van der Waals surface area contributed by atoms with Gasteiger partial charge in [0.2, 0.25) is 0 Å². The number of carbonyl (C=O) groups is 2. The Morgan fingerprint density at radius 2 is 2.06 bits per heavy atom. The highest BCUT2D eigenvalue weighted by molar-refractivity contribution is 5.91. The molecule has 3 aliphatic rings. The molecule has 3 rings (SSSR count). The Bertz CT molecular complexity index is 439. The summed E-state index contributed by atoms with van der Waals surface area (Å²) in [7, 11) is 0. The fourth-order valence-corrected chi connectivity index (χ4v) is 4.36. The minimum absolute atomic E-state index is 0.00949. The van der Waals surface area contributed by atoms with E-state index >= 15 is 0 Å². The highest BCUT2D eigenvalue weighted by Crippen LogP contribution is 2.56. The summed E-state index contributed by atoms with van der Waals surface area (Å²) >= 11 is 0. The van der Waals surface area contributed by atoms with E-state index in [-0.39, 0.29) is 35.2 Å². The second-order valence-electron chi connectivity index (χ2n) is 6.48. The van der Waals surface area contributed by atoms with Gasteiger partial charge in [-0.15, -0.1) is 0 Å². The fraction of sp³-hybridized carbons (Fsp3) is 0.733. The largest absolute Gasteiger partial charge is 0.458 e. The van der Waals surface area contributed by atoms with E-state index in [0.717, 1.165) is 19.3 Å². The van der Waals surface area contributed by atoms with E-state index in [1.807, 2.05) is 6.92 Å². The molecule has 0 aromatic heterocycles. The summed E-state index contributed by atoms with van der Waals surface area (Å²) in [6.45, 7) is 8.12. The summed E-state index contributed by atoms with van der Waals surface area (Å²) in [5.41, 5.74) is 0.770. The summed E-state index contributed by atoms with van der Waals surface area (Å²) in [4.78, 5) is 23.7. The van der Waals surface area contributed by atoms with Crippen molar-refractivity contribution in [3.05, 3.63) is 12.2 Å². The first-order valence-corrected chi connectivity index (χ1v) is 6.86. The highest BCUT2D eigenvalue weighted by Gasteiger charge is 2.57. The first-order chi connectivity index (χ1) is 8.44. The first kappa shape index (κ1) is 11.9. The topological polar surface area (TPSA) is 43.4 Å². The third kappa shape index (κ3) is 1.42. The number of carbonyl (C=O) groups excluding carboxylic acids is 2. The monoisotopic (exact) mass is 248 g/mol. The van der Waals surface area contributed by atoms with E-state index in [4.69, 9.17) is 4.74 Å². The average molecular weight is 248 g/mol. The molecule has 3 heteroatoms. The van der Waals surface area contributed by atoms with Crippen LogP contribution >= 0.6 is 0 Å². The molecule has 0 N–H and O–H groups in total. The van der Waals surface area contributed by atoms with Crippen molar-refractivity contribution in [2.45, 2.75) is 45.6 Å². The van der Waals surface area contributed by atoms with Gasteiger partial charge in [-0.3, -0.25) is 4.79 Å². The molecule has 2 saturated carbocycles. The van der Waals surface area contributed by atoms with Crippen LogP contribution in [0.4, 0.5) is 0 Å². The Hall–Kier alpha value is -1.12. The quantitative estimate of drug-likeness (QED) is 0.488. The minimum atomic E-state index is -0.250. The van der Waals surface area contributed by atoms with Gasteiger partial charge >= 0.3 is 5.97 Å². The molecule has 18 heavy (non-hydrogen) atoms. The van der Waals surface area contributed by atoms with Gasteiger partial charge in [0.15, 0.2) is 0 Å². The lowest BCUT2D eigenvalue weighted by Crippen LogP contribution is -2.51. The lowest BCUT2D eigenvalue weighted by atomic mass is 9.53. The van der Waals surface area contributed by atoms with Crippen LogP contribution in [0.3, 0.4) is 0 Å². The van der Waals surface area contributed by atoms with Crippen molar-refractivity contribution in [2.24, 2.45) is 23.2 Å². The van der Waals surface area contributed by atoms with Gasteiger partial charge in [0, 0.05) is 29.7 Å². The summed E-state index contributed by atoms with van der Waals surface area (Å²) < 4.78 is 5.54. The molecule has 0 aromatic rings. The Morgan fingerprint density at radius 1 is 1.33 bits per heavy atom. The molecule has 2 aliphatic carbocycles. The van der Waals surface area contributed by atoms with Crippen molar-refractivity contribution in [1.29, 1.82) is 0 Å². The fourth-order valence-electron chi connectivity index (χ4n) is 4.36. The third-order valence-electron chi connectivity index (χ3n) is 5.52. The highest BCUT2D eigenvalue weighted by atomic mass is 16.6. The van der Waals surface area contributed by atoms with Crippen molar-refractivity contribution in [3.8, 4) is 0 Å². The molecule has 0 spiro atoms. The van der Waals surface area contributed by atoms with Gasteiger partial charge in [-0.1, -0.05) is 20.4 Å². The van der Waals surface area contributed by atoms with Crippen LogP contribution in [0.25, 0.3) is 0 Å². The number of ether oxygens (including phenoxy) is 1. The van der Waals surface area contributed by atoms with E-state index in [1.54, 1.807) is 0 Å². The lowest BCUT2D eigenvalue weighted by Gasteiger charge is -2.51. The number of hydrogen-bond acceptors (Lipinski definition) is 3. The molecule has 1 aliphatic heterocycles. The molecule has 3 fully saturated rings. The average Bonchev–Trinajstić information content (AvgIpc) is 2.60. The zero-order valence-electron chi connectivity index (χ0n) is 11.1. The summed E-state index contributed by atoms with van der Waals surface area (Å²) in [5, 5.41) is 0. The third-order valence-corrected chi connectivity index (χ3v) is 5.52. The van der Waals surface area contributed by atoms with Crippen LogP contribution in [0.15, 0.2) is 12.2 Å². The molecule has 0 amide bonds. The molecular weight excluding hydrogens is 228 g/mol. The Morgan fingerprint density at radius 3 is 2.78 bits per heavy atom. The van der Waals surface area contributed by atoms with E-state index in [9.17, 15) is 9.59 Å². The number of rotatable bonds is 0. The smallest absolute Gasteiger partial charge is 0.334 e. The molecular formula is C15H20O3. The van der Waals surface area contributed by atoms with E-state index < -0.39 is 0 Å². The second-order valence-corrected chi connectivity index (χ2v) is 6.48. The van der Waals surface area contributed by atoms with Crippen molar-refractivity contribution >= 4 is 11.8 Å². The maximum atomic E-state index is 12.0. The van der Waals surface area contributed by atoms with Gasteiger partial charge in [-0.25, -0.2) is 4.79 Å². The maximum absolute atomic E-state index is 12.0. The van der Waals surface area contributed by atoms with Crippen LogP contribution < -0.4 is 0 Å². The SMILES string of the molecule is C=C1C(=O)O[C@@H]2[C@H]3[C@H](C)C(=O)CC[C@]3(C)CC[C@@H]12. The van der Waals surface area contributed by atoms with E-state index in [1.165, 1.54) is 0 Å². The Balaban J connectivity index is 1.98. The normalized spacial score (nSPS) is 47.6. The lowest BCUT2D eigenvalue weighted by molar-refractivity contribution is -0.157. The van der Waals surface area contributed by atoms with Gasteiger partial charge in [-0.2, -0.15) is 0 Å². The summed E-state index contributed by atoms with van der Waals surface area (Å²) in [6.07, 6.45) is 3.56. The van der Waals surface area contributed by atoms with Crippen LogP contribution in [-0.4, -0.2) is 17.9 Å². The van der Waals surface area contributed by atoms with Gasteiger partial charge in [0.05, 0.1) is 0 Å². The number of Topliss-reactive ketones (excluding diaryl/α,β-unsaturated/α-hetero) is 1. The van der Waals surface area contributed by atoms with Crippen LogP contribution in [0.2, 0.25) is 0 Å². The van der Waals surface area contributed by atoms with Gasteiger partial charge in [0.25, 0.3) is 0 Å². The van der Waals surface area contributed by atoms with Crippen LogP contribution in [-0.2, 0) is 14.3 Å². The zero-order chi connectivity index (χ0) is 13.1. The van der Waals surface area contributed by atoms with Crippen molar-refractivity contribution in [1.82, 2.24) is 0 Å². The van der Waals surface area contributed by atoms with Crippen LogP contribution in [0.1, 0.15) is 39.5 Å². The first-order valence-electron chi connectivity index (χ1n) is 6.86. The van der Waals surface area contributed by atoms with Gasteiger partial charge in [-0.05, 0) is 24.7 Å². The van der Waals surface area contributed by atoms with Gasteiger partial charge < -0.3 is 4.74 Å². The minimum Gasteiger partial charge on any atom is -0.458 e. The Labute approximate surface area is 108 Å². The molecule has 1 saturated heterocycles. The van der Waals surface area contributed by atoms with Crippen LogP contribution in [0, 0.1) is 23.2 Å². The van der Waals surface area contributed by atoms with Gasteiger partial charge in [0.1, 0.15) is 11.9 Å². The second kappa shape index (κ2) is 3.69. The Kier molecular flexibility index (Phi) is 2.45. The molecule has 98 valence electrons. The molecule has 3 nitrogen and oxygen atoms in total. The number of hydrogen-bond donors (Lipinski definition) is 0. The van der Waals surface area contributed by atoms with Crippen molar-refractivity contribution < 1.29 is 14.3 Å². The molecule has 0 aromatic carbocycles. The molecule has 0 radical (unpaired) electrons. The van der Waals surface area contributed by atoms with Crippen LogP contribution in [0.5, 0.6) is 0 Å². The van der Waals surface area contributed by atoms with E-state index in [0.29, 0.717) is 17.8 Å². The van der Waals surface area contributed by atoms with E-state index in [2.05, 4.69) is 13.5 Å². The number of fused-ring (bicyclic) bond motifs is 3. The summed E-state index contributed by atoms with van der Waals surface area (Å²) in [6, 6.07) is 0. The maximum Gasteiger partial charge on any atom is 0.334 e. The number of ketones is 1. The molecule has 5 atom stereocenters. The standard InChI is InChI=1S/C15H20O3/c1-8-10-4-6-15(3)7-5-11(16)9(2)12(15)13(10)18-14(8)17/h9-10,12-13H,1,4-7H2,2-3H3/t9-,10+,12-,13+,15+/m1/s1. The molecule has 1 heterocycles. The van der Waals surface area contributed by atoms with Crippen molar-refractivity contribution in [2.75, 3.05) is 0 Å². The van der Waals surface area contributed by atoms with Crippen molar-refractivity contribution in [3.63, 3.8) is 0 Å².